The number of nitrogens with one attached hydrogen (secondary N) is 1. The van der Waals surface area contributed by atoms with Crippen LogP contribution in [0.25, 0.3) is 0 Å². The Bertz CT molecular complexity index is 473. The molecule has 0 amide bonds. The van der Waals surface area contributed by atoms with Crippen LogP contribution in [0.4, 0.5) is 0 Å². The first-order valence-electron chi connectivity index (χ1n) is 8.21. The number of likely N-dealkylation sites (tertiary alicyclic amines) is 1. The minimum atomic E-state index is -0.466. The summed E-state index contributed by atoms with van der Waals surface area (Å²) in [5, 5.41) is 13.5. The Morgan fingerprint density at radius 2 is 2.00 bits per heavy atom. The molecule has 3 saturated heterocycles. The number of aliphatic hydroxyl groups is 1. The van der Waals surface area contributed by atoms with Crippen molar-refractivity contribution in [1.29, 1.82) is 0 Å². The van der Waals surface area contributed by atoms with Gasteiger partial charge < -0.3 is 24.3 Å². The fraction of sp³-hybridized carbons (Fsp3) is 0.750. The van der Waals surface area contributed by atoms with Crippen LogP contribution in [0.2, 0.25) is 0 Å². The van der Waals surface area contributed by atoms with E-state index in [9.17, 15) is 5.11 Å². The van der Waals surface area contributed by atoms with Crippen LogP contribution in [0.5, 0.6) is 0 Å². The standard InChI is InChI=1S/C16H24N2O4/c19-14-10-22-15-13(9-21-16(14)15)17-11-3-5-18(6-4-11)8-12-2-1-7-20-12/h1-2,7,11,13-17,19H,3-6,8-10H2/t13-,14-,15-,16-/m1/s1. The van der Waals surface area contributed by atoms with Crippen molar-refractivity contribution < 1.29 is 19.0 Å². The maximum absolute atomic E-state index is 9.79. The zero-order chi connectivity index (χ0) is 14.9. The van der Waals surface area contributed by atoms with Gasteiger partial charge in [-0.25, -0.2) is 0 Å². The Morgan fingerprint density at radius 3 is 2.77 bits per heavy atom. The Balaban J connectivity index is 1.24. The van der Waals surface area contributed by atoms with Crippen molar-refractivity contribution in [1.82, 2.24) is 10.2 Å². The molecule has 0 unspecified atom stereocenters. The molecule has 6 nitrogen and oxygen atoms in total. The predicted molar refractivity (Wildman–Crippen MR) is 79.4 cm³/mol. The van der Waals surface area contributed by atoms with E-state index >= 15 is 0 Å². The number of ether oxygens (including phenoxy) is 2. The Labute approximate surface area is 130 Å². The minimum Gasteiger partial charge on any atom is -0.468 e. The summed E-state index contributed by atoms with van der Waals surface area (Å²) in [6.07, 6.45) is 3.38. The van der Waals surface area contributed by atoms with Gasteiger partial charge in [0.1, 0.15) is 24.1 Å². The van der Waals surface area contributed by atoms with Crippen LogP contribution in [-0.4, -0.2) is 66.7 Å². The van der Waals surface area contributed by atoms with Crippen molar-refractivity contribution in [2.24, 2.45) is 0 Å². The van der Waals surface area contributed by atoms with Crippen LogP contribution in [-0.2, 0) is 16.0 Å². The van der Waals surface area contributed by atoms with Crippen molar-refractivity contribution in [2.45, 2.75) is 49.8 Å². The topological polar surface area (TPSA) is 67.1 Å². The van der Waals surface area contributed by atoms with E-state index in [-0.39, 0.29) is 18.2 Å². The normalized spacial score (nSPS) is 36.8. The maximum atomic E-state index is 9.79. The summed E-state index contributed by atoms with van der Waals surface area (Å²) in [6, 6.07) is 4.68. The molecule has 0 spiro atoms. The fourth-order valence-corrected chi connectivity index (χ4v) is 3.81. The van der Waals surface area contributed by atoms with Crippen molar-refractivity contribution >= 4 is 0 Å². The van der Waals surface area contributed by atoms with Gasteiger partial charge >= 0.3 is 0 Å². The third-order valence-electron chi connectivity index (χ3n) is 5.02. The summed E-state index contributed by atoms with van der Waals surface area (Å²) in [6.45, 7) is 4.08. The van der Waals surface area contributed by atoms with E-state index in [4.69, 9.17) is 13.9 Å². The molecule has 0 aromatic carbocycles. The Hall–Kier alpha value is -0.920. The minimum absolute atomic E-state index is 0.0103. The first-order chi connectivity index (χ1) is 10.8. The van der Waals surface area contributed by atoms with E-state index in [0.29, 0.717) is 19.3 Å². The lowest BCUT2D eigenvalue weighted by Crippen LogP contribution is -2.50. The highest BCUT2D eigenvalue weighted by atomic mass is 16.6. The monoisotopic (exact) mass is 308 g/mol. The van der Waals surface area contributed by atoms with Gasteiger partial charge in [0.2, 0.25) is 0 Å². The molecular weight excluding hydrogens is 284 g/mol. The number of nitrogens with zero attached hydrogens (tertiary/aromatic N) is 1. The van der Waals surface area contributed by atoms with Gasteiger partial charge in [0.15, 0.2) is 0 Å². The smallest absolute Gasteiger partial charge is 0.117 e. The molecule has 1 aromatic heterocycles. The average molecular weight is 308 g/mol. The molecule has 4 atom stereocenters. The number of piperidine rings is 1. The molecule has 3 fully saturated rings. The molecule has 0 saturated carbocycles. The highest BCUT2D eigenvalue weighted by Gasteiger charge is 2.47. The molecule has 3 aliphatic rings. The second-order valence-corrected chi connectivity index (χ2v) is 6.57. The van der Waals surface area contributed by atoms with E-state index in [2.05, 4.69) is 10.2 Å². The van der Waals surface area contributed by atoms with E-state index in [1.54, 1.807) is 6.26 Å². The number of fused-ring (bicyclic) bond motifs is 1. The van der Waals surface area contributed by atoms with Crippen molar-refractivity contribution in [2.75, 3.05) is 26.3 Å². The molecule has 122 valence electrons. The molecule has 22 heavy (non-hydrogen) atoms. The number of furan rings is 1. The fourth-order valence-electron chi connectivity index (χ4n) is 3.81. The van der Waals surface area contributed by atoms with E-state index in [1.807, 2.05) is 12.1 Å². The number of hydrogen-bond acceptors (Lipinski definition) is 6. The van der Waals surface area contributed by atoms with Gasteiger partial charge in [-0.1, -0.05) is 0 Å². The maximum Gasteiger partial charge on any atom is 0.117 e. The molecule has 2 N–H and O–H groups in total. The quantitative estimate of drug-likeness (QED) is 0.837. The zero-order valence-corrected chi connectivity index (χ0v) is 12.7. The van der Waals surface area contributed by atoms with E-state index < -0.39 is 6.10 Å². The average Bonchev–Trinajstić information content (AvgIpc) is 3.23. The molecule has 3 aliphatic heterocycles. The van der Waals surface area contributed by atoms with Gasteiger partial charge in [-0.2, -0.15) is 0 Å². The second kappa shape index (κ2) is 6.29. The third-order valence-corrected chi connectivity index (χ3v) is 5.02. The second-order valence-electron chi connectivity index (χ2n) is 6.57. The summed E-state index contributed by atoms with van der Waals surface area (Å²) in [5.74, 6) is 1.03. The lowest BCUT2D eigenvalue weighted by Gasteiger charge is -2.34. The number of aliphatic hydroxyl groups excluding tert-OH is 1. The zero-order valence-electron chi connectivity index (χ0n) is 12.7. The number of hydrogen-bond donors (Lipinski definition) is 2. The van der Waals surface area contributed by atoms with Crippen molar-refractivity contribution in [3.8, 4) is 0 Å². The molecule has 4 heterocycles. The largest absolute Gasteiger partial charge is 0.468 e. The third kappa shape index (κ3) is 2.94. The van der Waals surface area contributed by atoms with E-state index in [1.165, 1.54) is 0 Å². The van der Waals surface area contributed by atoms with Gasteiger partial charge in [-0.3, -0.25) is 4.90 Å². The highest BCUT2D eigenvalue weighted by Crippen LogP contribution is 2.28. The highest BCUT2D eigenvalue weighted by molar-refractivity contribution is 5.00. The lowest BCUT2D eigenvalue weighted by atomic mass is 10.0. The van der Waals surface area contributed by atoms with Crippen LogP contribution in [0, 0.1) is 0 Å². The molecular formula is C16H24N2O4. The van der Waals surface area contributed by atoms with Gasteiger partial charge in [0.05, 0.1) is 32.1 Å². The van der Waals surface area contributed by atoms with Crippen LogP contribution in [0.3, 0.4) is 0 Å². The van der Waals surface area contributed by atoms with Gasteiger partial charge in [0, 0.05) is 19.1 Å². The van der Waals surface area contributed by atoms with E-state index in [0.717, 1.165) is 38.2 Å². The SMILES string of the molecule is O[C@@H]1CO[C@H]2[C@@H]1OC[C@H]2NC1CCN(Cc2ccco2)CC1. The van der Waals surface area contributed by atoms with Crippen molar-refractivity contribution in [3.05, 3.63) is 24.2 Å². The van der Waals surface area contributed by atoms with Crippen LogP contribution in [0.1, 0.15) is 18.6 Å². The van der Waals surface area contributed by atoms with Gasteiger partial charge in [-0.15, -0.1) is 0 Å². The summed E-state index contributed by atoms with van der Waals surface area (Å²) in [4.78, 5) is 2.43. The molecule has 1 aromatic rings. The molecule has 4 rings (SSSR count). The lowest BCUT2D eigenvalue weighted by molar-refractivity contribution is 0.0175. The van der Waals surface area contributed by atoms with Gasteiger partial charge in [0.25, 0.3) is 0 Å². The summed E-state index contributed by atoms with van der Waals surface area (Å²) < 4.78 is 16.8. The Morgan fingerprint density at radius 1 is 1.18 bits per heavy atom. The summed E-state index contributed by atoms with van der Waals surface area (Å²) in [5.41, 5.74) is 0. The first kappa shape index (κ1) is 14.7. The molecule has 6 heteroatoms. The van der Waals surface area contributed by atoms with Crippen LogP contribution in [0.15, 0.2) is 22.8 Å². The van der Waals surface area contributed by atoms with Crippen LogP contribution >= 0.6 is 0 Å². The molecule has 0 radical (unpaired) electrons. The molecule has 0 aliphatic carbocycles. The first-order valence-corrected chi connectivity index (χ1v) is 8.21. The number of rotatable bonds is 4. The van der Waals surface area contributed by atoms with Crippen LogP contribution < -0.4 is 5.32 Å². The summed E-state index contributed by atoms with van der Waals surface area (Å²) >= 11 is 0. The summed E-state index contributed by atoms with van der Waals surface area (Å²) in [7, 11) is 0. The Kier molecular flexibility index (Phi) is 4.19. The molecule has 0 bridgehead atoms. The predicted octanol–water partition coefficient (Wildman–Crippen LogP) is 0.361. The van der Waals surface area contributed by atoms with Gasteiger partial charge in [-0.05, 0) is 25.0 Å². The van der Waals surface area contributed by atoms with Crippen molar-refractivity contribution in [3.63, 3.8) is 0 Å².